The van der Waals surface area contributed by atoms with Crippen molar-refractivity contribution in [2.45, 2.75) is 38.9 Å². The van der Waals surface area contributed by atoms with E-state index in [2.05, 4.69) is 124 Å². The van der Waals surface area contributed by atoms with Gasteiger partial charge in [0.2, 0.25) is 0 Å². The van der Waals surface area contributed by atoms with E-state index in [1.54, 1.807) is 0 Å². The molecule has 1 fully saturated rings. The smallest absolute Gasteiger partial charge is 0.399 e. The molecule has 4 aromatic carbocycles. The molecule has 1 saturated heterocycles. The maximum absolute atomic E-state index is 6.43. The highest BCUT2D eigenvalue weighted by Crippen LogP contribution is 2.37. The van der Waals surface area contributed by atoms with Crippen molar-refractivity contribution in [1.29, 1.82) is 0 Å². The lowest BCUT2D eigenvalue weighted by molar-refractivity contribution is 0.00578. The maximum Gasteiger partial charge on any atom is 0.497 e. The van der Waals surface area contributed by atoms with E-state index in [4.69, 9.17) is 9.31 Å². The van der Waals surface area contributed by atoms with E-state index in [1.807, 2.05) is 12.1 Å². The quantitative estimate of drug-likeness (QED) is 0.332. The fourth-order valence-electron chi connectivity index (χ4n) is 4.18. The van der Waals surface area contributed by atoms with E-state index in [0.29, 0.717) is 0 Å². The van der Waals surface area contributed by atoms with Gasteiger partial charge in [-0.15, -0.1) is 0 Å². The third-order valence-electron chi connectivity index (χ3n) is 6.94. The minimum absolute atomic E-state index is 0.408. The third kappa shape index (κ3) is 4.39. The van der Waals surface area contributed by atoms with Crippen molar-refractivity contribution in [2.24, 2.45) is 0 Å². The topological polar surface area (TPSA) is 30.5 Å². The molecule has 5 rings (SSSR count). The van der Waals surface area contributed by atoms with Gasteiger partial charge in [0.05, 0.1) is 11.2 Å². The lowest BCUT2D eigenvalue weighted by atomic mass is 9.76. The number of nitrogens with one attached hydrogen (secondary N) is 1. The second-order valence-electron chi connectivity index (χ2n) is 9.82. The van der Waals surface area contributed by atoms with Gasteiger partial charge in [-0.05, 0) is 68.1 Å². The Balaban J connectivity index is 1.49. The molecule has 1 aliphatic heterocycles. The molecule has 0 atom stereocenters. The standard InChI is InChI=1S/C30H30BNO2/c1-29(2)30(3,4)34-31(33-29)27-21-25(23-13-9-6-10-14-23)17-20-28(27)32-26-18-15-24(16-19-26)22-11-7-5-8-12-22/h5-21,32H,1-4H3. The summed E-state index contributed by atoms with van der Waals surface area (Å²) in [4.78, 5) is 0. The van der Waals surface area contributed by atoms with Crippen LogP contribution in [0.2, 0.25) is 0 Å². The molecule has 0 amide bonds. The Hall–Kier alpha value is -3.34. The first-order chi connectivity index (χ1) is 16.3. The first kappa shape index (κ1) is 22.5. The molecule has 0 spiro atoms. The summed E-state index contributed by atoms with van der Waals surface area (Å²) >= 11 is 0. The lowest BCUT2D eigenvalue weighted by Gasteiger charge is -2.32. The van der Waals surface area contributed by atoms with E-state index in [0.717, 1.165) is 22.4 Å². The second kappa shape index (κ2) is 8.79. The van der Waals surface area contributed by atoms with Gasteiger partial charge >= 0.3 is 7.12 Å². The Morgan fingerprint density at radius 1 is 0.559 bits per heavy atom. The summed E-state index contributed by atoms with van der Waals surface area (Å²) in [7, 11) is -0.459. The summed E-state index contributed by atoms with van der Waals surface area (Å²) in [6.07, 6.45) is 0. The van der Waals surface area contributed by atoms with Gasteiger partial charge in [-0.2, -0.15) is 0 Å². The van der Waals surface area contributed by atoms with E-state index in [1.165, 1.54) is 16.7 Å². The molecule has 1 heterocycles. The highest BCUT2D eigenvalue weighted by Gasteiger charge is 2.52. The van der Waals surface area contributed by atoms with Crippen LogP contribution in [0.3, 0.4) is 0 Å². The van der Waals surface area contributed by atoms with Crippen LogP contribution in [0.25, 0.3) is 22.3 Å². The van der Waals surface area contributed by atoms with Gasteiger partial charge in [-0.25, -0.2) is 0 Å². The molecule has 0 radical (unpaired) electrons. The molecular weight excluding hydrogens is 417 g/mol. The van der Waals surface area contributed by atoms with Gasteiger partial charge < -0.3 is 14.6 Å². The molecule has 0 unspecified atom stereocenters. The van der Waals surface area contributed by atoms with Crippen LogP contribution >= 0.6 is 0 Å². The summed E-state index contributed by atoms with van der Waals surface area (Å²) in [5.74, 6) is 0. The highest BCUT2D eigenvalue weighted by molar-refractivity contribution is 6.64. The fraction of sp³-hybridized carbons (Fsp3) is 0.200. The van der Waals surface area contributed by atoms with E-state index in [-0.39, 0.29) is 0 Å². The van der Waals surface area contributed by atoms with Crippen LogP contribution in [0.15, 0.2) is 103 Å². The number of hydrogen-bond donors (Lipinski definition) is 1. The van der Waals surface area contributed by atoms with Crippen molar-refractivity contribution in [1.82, 2.24) is 0 Å². The van der Waals surface area contributed by atoms with Crippen LogP contribution < -0.4 is 10.8 Å². The molecule has 34 heavy (non-hydrogen) atoms. The molecule has 0 saturated carbocycles. The predicted molar refractivity (Wildman–Crippen MR) is 143 cm³/mol. The number of hydrogen-bond acceptors (Lipinski definition) is 3. The molecule has 1 N–H and O–H groups in total. The van der Waals surface area contributed by atoms with Crippen LogP contribution in [-0.4, -0.2) is 18.3 Å². The zero-order valence-corrected chi connectivity index (χ0v) is 20.2. The fourth-order valence-corrected chi connectivity index (χ4v) is 4.18. The Bertz CT molecular complexity index is 1250. The van der Waals surface area contributed by atoms with Gasteiger partial charge in [0.1, 0.15) is 0 Å². The van der Waals surface area contributed by atoms with E-state index >= 15 is 0 Å². The van der Waals surface area contributed by atoms with Crippen LogP contribution in [0.1, 0.15) is 27.7 Å². The van der Waals surface area contributed by atoms with Crippen LogP contribution in [0.4, 0.5) is 11.4 Å². The first-order valence-corrected chi connectivity index (χ1v) is 11.8. The summed E-state index contributed by atoms with van der Waals surface area (Å²) < 4.78 is 12.9. The van der Waals surface area contributed by atoms with Crippen LogP contribution in [-0.2, 0) is 9.31 Å². The van der Waals surface area contributed by atoms with Gasteiger partial charge in [-0.1, -0.05) is 84.9 Å². The molecule has 0 aliphatic carbocycles. The molecule has 4 heteroatoms. The molecule has 1 aliphatic rings. The van der Waals surface area contributed by atoms with Crippen molar-refractivity contribution in [2.75, 3.05) is 5.32 Å². The summed E-state index contributed by atoms with van der Waals surface area (Å²) in [6.45, 7) is 8.35. The Labute approximate surface area is 202 Å². The van der Waals surface area contributed by atoms with Gasteiger partial charge in [0.25, 0.3) is 0 Å². The SMILES string of the molecule is CC1(C)OB(c2cc(-c3ccccc3)ccc2Nc2ccc(-c3ccccc3)cc2)OC1(C)C. The Morgan fingerprint density at radius 2 is 1.03 bits per heavy atom. The minimum Gasteiger partial charge on any atom is -0.399 e. The van der Waals surface area contributed by atoms with Crippen molar-refractivity contribution in [3.8, 4) is 22.3 Å². The predicted octanol–water partition coefficient (Wildman–Crippen LogP) is 7.06. The Kier molecular flexibility index (Phi) is 5.80. The molecule has 3 nitrogen and oxygen atoms in total. The molecular formula is C30H30BNO2. The largest absolute Gasteiger partial charge is 0.497 e. The van der Waals surface area contributed by atoms with E-state index < -0.39 is 18.3 Å². The molecule has 0 aromatic heterocycles. The van der Waals surface area contributed by atoms with E-state index in [9.17, 15) is 0 Å². The van der Waals surface area contributed by atoms with Crippen molar-refractivity contribution >= 4 is 24.0 Å². The van der Waals surface area contributed by atoms with Crippen molar-refractivity contribution < 1.29 is 9.31 Å². The zero-order chi connectivity index (χ0) is 23.8. The lowest BCUT2D eigenvalue weighted by Crippen LogP contribution is -2.41. The van der Waals surface area contributed by atoms with Crippen LogP contribution in [0.5, 0.6) is 0 Å². The van der Waals surface area contributed by atoms with Crippen molar-refractivity contribution in [3.05, 3.63) is 103 Å². The number of benzene rings is 4. The Morgan fingerprint density at radius 3 is 1.59 bits per heavy atom. The second-order valence-corrected chi connectivity index (χ2v) is 9.82. The number of anilines is 2. The normalized spacial score (nSPS) is 16.4. The molecule has 0 bridgehead atoms. The third-order valence-corrected chi connectivity index (χ3v) is 6.94. The molecule has 4 aromatic rings. The summed E-state index contributed by atoms with van der Waals surface area (Å²) in [5, 5.41) is 3.60. The summed E-state index contributed by atoms with van der Waals surface area (Å²) in [6, 6.07) is 35.8. The van der Waals surface area contributed by atoms with Crippen molar-refractivity contribution in [3.63, 3.8) is 0 Å². The average Bonchev–Trinajstić information content (AvgIpc) is 3.07. The van der Waals surface area contributed by atoms with Gasteiger partial charge in [-0.3, -0.25) is 0 Å². The zero-order valence-electron chi connectivity index (χ0n) is 20.2. The highest BCUT2D eigenvalue weighted by atomic mass is 16.7. The molecule has 170 valence electrons. The first-order valence-electron chi connectivity index (χ1n) is 11.8. The summed E-state index contributed by atoms with van der Waals surface area (Å²) in [5.41, 5.74) is 6.87. The van der Waals surface area contributed by atoms with Crippen LogP contribution in [0, 0.1) is 0 Å². The maximum atomic E-state index is 6.43. The minimum atomic E-state index is -0.459. The van der Waals surface area contributed by atoms with Gasteiger partial charge in [0.15, 0.2) is 0 Å². The average molecular weight is 447 g/mol. The number of rotatable bonds is 5. The monoisotopic (exact) mass is 447 g/mol. The van der Waals surface area contributed by atoms with Gasteiger partial charge in [0, 0.05) is 16.8 Å².